The van der Waals surface area contributed by atoms with E-state index in [4.69, 9.17) is 14.2 Å². The Morgan fingerprint density at radius 1 is 1.50 bits per heavy atom. The topological polar surface area (TPSA) is 90.9 Å². The molecule has 5 atom stereocenters. The number of amides is 1. The van der Waals surface area contributed by atoms with Gasteiger partial charge in [-0.2, -0.15) is 0 Å². The van der Waals surface area contributed by atoms with Crippen molar-refractivity contribution in [1.82, 2.24) is 5.32 Å². The molecule has 0 aliphatic carbocycles. The minimum absolute atomic E-state index is 0.0375. The third-order valence-electron chi connectivity index (χ3n) is 3.98. The molecule has 3 aliphatic heterocycles. The van der Waals surface area contributed by atoms with Gasteiger partial charge in [0.2, 0.25) is 0 Å². The number of nitrogens with one attached hydrogen (secondary N) is 1. The number of rotatable bonds is 5. The summed E-state index contributed by atoms with van der Waals surface area (Å²) in [5.41, 5.74) is 0.305. The van der Waals surface area contributed by atoms with Crippen molar-refractivity contribution in [3.63, 3.8) is 0 Å². The van der Waals surface area contributed by atoms with Crippen molar-refractivity contribution < 1.29 is 28.6 Å². The Morgan fingerprint density at radius 2 is 2.27 bits per heavy atom. The molecule has 0 spiro atoms. The highest BCUT2D eigenvalue weighted by Crippen LogP contribution is 2.55. The molecule has 0 radical (unpaired) electrons. The standard InChI is InChI=1S/C14H17NO6S/c1-6(2)12(16)19-4-3-15-14(18)21-9-8-5-7-11(22-8)10(9)20-13(7)17/h7-11H,1,3-5H2,2H3,(H,15,18). The van der Waals surface area contributed by atoms with E-state index in [1.54, 1.807) is 18.7 Å². The van der Waals surface area contributed by atoms with Crippen LogP contribution in [0, 0.1) is 5.92 Å². The fraction of sp³-hybridized carbons (Fsp3) is 0.643. The van der Waals surface area contributed by atoms with Gasteiger partial charge in [-0.25, -0.2) is 9.59 Å². The van der Waals surface area contributed by atoms with Crippen molar-refractivity contribution in [3.8, 4) is 0 Å². The number of carbonyl (C=O) groups excluding carboxylic acids is 3. The zero-order valence-electron chi connectivity index (χ0n) is 12.1. The summed E-state index contributed by atoms with van der Waals surface area (Å²) in [5, 5.41) is 2.76. The van der Waals surface area contributed by atoms with Crippen LogP contribution < -0.4 is 5.32 Å². The Morgan fingerprint density at radius 3 is 3.00 bits per heavy atom. The summed E-state index contributed by atoms with van der Waals surface area (Å²) in [4.78, 5) is 34.5. The molecule has 3 rings (SSSR count). The van der Waals surface area contributed by atoms with Gasteiger partial charge < -0.3 is 19.5 Å². The molecule has 0 aromatic carbocycles. The maximum absolute atomic E-state index is 11.8. The largest absolute Gasteiger partial charge is 0.460 e. The lowest BCUT2D eigenvalue weighted by Crippen LogP contribution is -2.42. The smallest absolute Gasteiger partial charge is 0.407 e. The molecule has 2 bridgehead atoms. The van der Waals surface area contributed by atoms with Crippen LogP contribution >= 0.6 is 11.8 Å². The molecule has 3 saturated heterocycles. The van der Waals surface area contributed by atoms with Gasteiger partial charge in [0.25, 0.3) is 0 Å². The lowest BCUT2D eigenvalue weighted by Gasteiger charge is -2.23. The van der Waals surface area contributed by atoms with Crippen molar-refractivity contribution >= 4 is 29.8 Å². The van der Waals surface area contributed by atoms with Gasteiger partial charge in [-0.15, -0.1) is 11.8 Å². The first-order chi connectivity index (χ1) is 10.5. The Labute approximate surface area is 131 Å². The van der Waals surface area contributed by atoms with E-state index in [0.717, 1.165) is 0 Å². The number of hydrogen-bond donors (Lipinski definition) is 1. The molecule has 3 fully saturated rings. The highest BCUT2D eigenvalue weighted by Gasteiger charge is 2.64. The van der Waals surface area contributed by atoms with Gasteiger partial charge in [-0.05, 0) is 13.3 Å². The highest BCUT2D eigenvalue weighted by molar-refractivity contribution is 8.01. The fourth-order valence-electron chi connectivity index (χ4n) is 2.97. The molecule has 7 nitrogen and oxygen atoms in total. The molecule has 8 heteroatoms. The molecule has 3 heterocycles. The summed E-state index contributed by atoms with van der Waals surface area (Å²) in [6, 6.07) is 0. The Hall–Kier alpha value is -1.70. The number of alkyl carbamates (subject to hydrolysis) is 1. The maximum Gasteiger partial charge on any atom is 0.407 e. The normalized spacial score (nSPS) is 34.2. The molecule has 1 N–H and O–H groups in total. The second kappa shape index (κ2) is 5.83. The van der Waals surface area contributed by atoms with Gasteiger partial charge in [0.1, 0.15) is 6.61 Å². The van der Waals surface area contributed by atoms with E-state index in [9.17, 15) is 14.4 Å². The zero-order chi connectivity index (χ0) is 15.9. The third kappa shape index (κ3) is 2.67. The first-order valence-corrected chi connectivity index (χ1v) is 8.04. The number of ether oxygens (including phenoxy) is 3. The summed E-state index contributed by atoms with van der Waals surface area (Å²) in [6.07, 6.45) is -0.605. The summed E-state index contributed by atoms with van der Waals surface area (Å²) in [5.74, 6) is -0.712. The number of fused-ring (bicyclic) bond motifs is 1. The summed E-state index contributed by atoms with van der Waals surface area (Å²) in [6.45, 7) is 5.21. The van der Waals surface area contributed by atoms with Crippen LogP contribution in [0.25, 0.3) is 0 Å². The van der Waals surface area contributed by atoms with Crippen LogP contribution in [0.1, 0.15) is 13.3 Å². The minimum Gasteiger partial charge on any atom is -0.460 e. The molecule has 0 saturated carbocycles. The summed E-state index contributed by atoms with van der Waals surface area (Å²) >= 11 is 1.67. The van der Waals surface area contributed by atoms with Crippen LogP contribution in [-0.4, -0.2) is 53.9 Å². The van der Waals surface area contributed by atoms with Crippen LogP contribution in [0.3, 0.4) is 0 Å². The zero-order valence-corrected chi connectivity index (χ0v) is 12.9. The Bertz CT molecular complexity index is 535. The van der Waals surface area contributed by atoms with E-state index in [1.807, 2.05) is 0 Å². The van der Waals surface area contributed by atoms with E-state index < -0.39 is 18.2 Å². The predicted molar refractivity (Wildman–Crippen MR) is 77.2 cm³/mol. The van der Waals surface area contributed by atoms with Gasteiger partial charge in [-0.1, -0.05) is 6.58 Å². The maximum atomic E-state index is 11.8. The first kappa shape index (κ1) is 15.2. The molecular formula is C14H17NO6S. The molecule has 3 aliphatic rings. The molecule has 0 aromatic heterocycles. The quantitative estimate of drug-likeness (QED) is 0.343. The van der Waals surface area contributed by atoms with Crippen molar-refractivity contribution in [2.24, 2.45) is 5.92 Å². The lowest BCUT2D eigenvalue weighted by molar-refractivity contribution is -0.145. The third-order valence-corrected chi connectivity index (χ3v) is 5.70. The van der Waals surface area contributed by atoms with Crippen molar-refractivity contribution in [2.75, 3.05) is 13.2 Å². The summed E-state index contributed by atoms with van der Waals surface area (Å²) in [7, 11) is 0. The Kier molecular flexibility index (Phi) is 4.03. The van der Waals surface area contributed by atoms with E-state index in [-0.39, 0.29) is 41.6 Å². The predicted octanol–water partition coefficient (Wildman–Crippen LogP) is 0.630. The van der Waals surface area contributed by atoms with Gasteiger partial charge in [-0.3, -0.25) is 4.79 Å². The number of esters is 2. The Balaban J connectivity index is 1.41. The van der Waals surface area contributed by atoms with E-state index in [1.165, 1.54) is 0 Å². The van der Waals surface area contributed by atoms with E-state index >= 15 is 0 Å². The molecule has 120 valence electrons. The molecular weight excluding hydrogens is 310 g/mol. The van der Waals surface area contributed by atoms with Gasteiger partial charge >= 0.3 is 18.0 Å². The van der Waals surface area contributed by atoms with Gasteiger partial charge in [0.15, 0.2) is 12.2 Å². The van der Waals surface area contributed by atoms with E-state index in [2.05, 4.69) is 11.9 Å². The van der Waals surface area contributed by atoms with Crippen LogP contribution in [0.5, 0.6) is 0 Å². The minimum atomic E-state index is -0.593. The second-order valence-corrected chi connectivity index (χ2v) is 7.02. The highest BCUT2D eigenvalue weighted by atomic mass is 32.2. The molecule has 1 amide bonds. The first-order valence-electron chi connectivity index (χ1n) is 7.10. The van der Waals surface area contributed by atoms with Crippen molar-refractivity contribution in [1.29, 1.82) is 0 Å². The molecule has 5 unspecified atom stereocenters. The average Bonchev–Trinajstić information content (AvgIpc) is 3.08. The fourth-order valence-corrected chi connectivity index (χ4v) is 4.83. The molecule has 22 heavy (non-hydrogen) atoms. The number of carbonyl (C=O) groups is 3. The van der Waals surface area contributed by atoms with Crippen LogP contribution in [-0.2, 0) is 23.8 Å². The monoisotopic (exact) mass is 327 g/mol. The second-order valence-electron chi connectivity index (χ2n) is 5.60. The van der Waals surface area contributed by atoms with Gasteiger partial charge in [0, 0.05) is 10.8 Å². The van der Waals surface area contributed by atoms with Crippen LogP contribution in [0.4, 0.5) is 4.79 Å². The number of hydrogen-bond acceptors (Lipinski definition) is 7. The van der Waals surface area contributed by atoms with Crippen molar-refractivity contribution in [3.05, 3.63) is 12.2 Å². The average molecular weight is 327 g/mol. The SMILES string of the molecule is C=C(C)C(=O)OCCNC(=O)OC1C2CC3C(=O)OC1C3S2. The van der Waals surface area contributed by atoms with Crippen LogP contribution in [0.15, 0.2) is 12.2 Å². The van der Waals surface area contributed by atoms with Gasteiger partial charge in [0.05, 0.1) is 17.7 Å². The summed E-state index contributed by atoms with van der Waals surface area (Å²) < 4.78 is 15.5. The van der Waals surface area contributed by atoms with Crippen molar-refractivity contribution in [2.45, 2.75) is 36.1 Å². The van der Waals surface area contributed by atoms with E-state index in [0.29, 0.717) is 12.0 Å². The number of thioether (sulfide) groups is 1. The van der Waals surface area contributed by atoms with Crippen LogP contribution in [0.2, 0.25) is 0 Å². The molecule has 0 aromatic rings. The lowest BCUT2D eigenvalue weighted by atomic mass is 9.88.